The molecule has 0 spiro atoms. The van der Waals surface area contributed by atoms with Gasteiger partial charge < -0.3 is 4.74 Å². The molecule has 1 aromatic carbocycles. The molecule has 0 bridgehead atoms. The summed E-state index contributed by atoms with van der Waals surface area (Å²) in [7, 11) is 0. The van der Waals surface area contributed by atoms with Gasteiger partial charge in [0.25, 0.3) is 5.91 Å². The second kappa shape index (κ2) is 7.33. The van der Waals surface area contributed by atoms with Crippen LogP contribution in [0.4, 0.5) is 5.13 Å². The fourth-order valence-electron chi connectivity index (χ4n) is 2.49. The quantitative estimate of drug-likeness (QED) is 0.695. The van der Waals surface area contributed by atoms with Crippen molar-refractivity contribution < 1.29 is 9.53 Å². The van der Waals surface area contributed by atoms with Crippen molar-refractivity contribution in [1.82, 2.24) is 9.97 Å². The Hall–Kier alpha value is -2.25. The number of carbonyl (C=O) groups is 1. The Morgan fingerprint density at radius 3 is 2.44 bits per heavy atom. The highest BCUT2D eigenvalue weighted by Crippen LogP contribution is 2.32. The zero-order valence-electron chi connectivity index (χ0n) is 14.5. The number of carbonyl (C=O) groups excluding carboxylic acids is 1. The van der Waals surface area contributed by atoms with Gasteiger partial charge in [0.05, 0.1) is 23.0 Å². The van der Waals surface area contributed by atoms with Gasteiger partial charge in [0, 0.05) is 10.4 Å². The first-order chi connectivity index (χ1) is 12.0. The van der Waals surface area contributed by atoms with Crippen molar-refractivity contribution in [2.45, 2.75) is 27.7 Å². The Labute approximate surface area is 154 Å². The lowest BCUT2D eigenvalue weighted by Gasteiger charge is -2.04. The van der Waals surface area contributed by atoms with Crippen LogP contribution in [0.1, 0.15) is 32.2 Å². The van der Waals surface area contributed by atoms with E-state index >= 15 is 0 Å². The number of aryl methyl sites for hydroxylation is 3. The second-order valence-electron chi connectivity index (χ2n) is 5.48. The first kappa shape index (κ1) is 17.6. The van der Waals surface area contributed by atoms with Crippen molar-refractivity contribution in [1.29, 1.82) is 0 Å². The third-order valence-corrected chi connectivity index (χ3v) is 5.52. The van der Waals surface area contributed by atoms with E-state index in [9.17, 15) is 4.79 Å². The normalized spacial score (nSPS) is 10.7. The highest BCUT2D eigenvalue weighted by atomic mass is 32.1. The molecule has 0 fully saturated rings. The fourth-order valence-corrected chi connectivity index (χ4v) is 4.14. The second-order valence-corrected chi connectivity index (χ2v) is 7.89. The molecule has 0 aliphatic carbocycles. The van der Waals surface area contributed by atoms with Crippen molar-refractivity contribution in [3.05, 3.63) is 44.7 Å². The molecule has 0 saturated carbocycles. The number of anilines is 1. The molecule has 3 rings (SSSR count). The van der Waals surface area contributed by atoms with Gasteiger partial charge in [-0.05, 0) is 52.0 Å². The van der Waals surface area contributed by atoms with E-state index in [0.717, 1.165) is 32.6 Å². The van der Waals surface area contributed by atoms with Crippen LogP contribution in [0.2, 0.25) is 0 Å². The zero-order valence-corrected chi connectivity index (χ0v) is 16.2. The van der Waals surface area contributed by atoms with Crippen LogP contribution in [-0.4, -0.2) is 22.5 Å². The Morgan fingerprint density at radius 2 is 1.84 bits per heavy atom. The molecule has 2 aromatic heterocycles. The lowest BCUT2D eigenvalue weighted by Crippen LogP contribution is -2.11. The Kier molecular flexibility index (Phi) is 5.15. The molecule has 0 atom stereocenters. The molecule has 0 radical (unpaired) electrons. The molecule has 0 aliphatic heterocycles. The van der Waals surface area contributed by atoms with E-state index in [0.29, 0.717) is 16.6 Å². The van der Waals surface area contributed by atoms with Gasteiger partial charge in [-0.25, -0.2) is 9.97 Å². The highest BCUT2D eigenvalue weighted by Gasteiger charge is 2.17. The third-order valence-electron chi connectivity index (χ3n) is 3.57. The van der Waals surface area contributed by atoms with Crippen LogP contribution >= 0.6 is 22.7 Å². The lowest BCUT2D eigenvalue weighted by atomic mass is 10.1. The van der Waals surface area contributed by atoms with Crippen LogP contribution in [0.3, 0.4) is 0 Å². The number of benzene rings is 1. The van der Waals surface area contributed by atoms with E-state index in [1.807, 2.05) is 52.0 Å². The van der Waals surface area contributed by atoms with Crippen LogP contribution in [0, 0.1) is 20.8 Å². The monoisotopic (exact) mass is 373 g/mol. The molecule has 3 aromatic rings. The first-order valence-corrected chi connectivity index (χ1v) is 9.57. The van der Waals surface area contributed by atoms with E-state index in [4.69, 9.17) is 4.74 Å². The average Bonchev–Trinajstić information content (AvgIpc) is 3.10. The summed E-state index contributed by atoms with van der Waals surface area (Å²) in [6.45, 7) is 8.34. The number of ether oxygens (including phenoxy) is 1. The van der Waals surface area contributed by atoms with Crippen molar-refractivity contribution >= 4 is 33.7 Å². The summed E-state index contributed by atoms with van der Waals surface area (Å²) < 4.78 is 5.47. The minimum absolute atomic E-state index is 0.157. The molecule has 25 heavy (non-hydrogen) atoms. The number of hydrogen-bond acceptors (Lipinski definition) is 6. The molecule has 5 nitrogen and oxygen atoms in total. The Bertz CT molecular complexity index is 898. The fraction of sp³-hybridized carbons (Fsp3) is 0.278. The van der Waals surface area contributed by atoms with Crippen LogP contribution in [0.15, 0.2) is 24.3 Å². The number of nitrogens with one attached hydrogen (secondary N) is 1. The van der Waals surface area contributed by atoms with Gasteiger partial charge in [-0.1, -0.05) is 0 Å². The summed E-state index contributed by atoms with van der Waals surface area (Å²) in [6, 6.07) is 7.82. The number of rotatable bonds is 5. The molecule has 7 heteroatoms. The molecule has 0 unspecified atom stereocenters. The Morgan fingerprint density at radius 1 is 1.12 bits per heavy atom. The Balaban J connectivity index is 1.80. The van der Waals surface area contributed by atoms with Gasteiger partial charge in [-0.15, -0.1) is 22.7 Å². The van der Waals surface area contributed by atoms with Gasteiger partial charge in [0.2, 0.25) is 0 Å². The van der Waals surface area contributed by atoms with E-state index in [1.54, 1.807) is 0 Å². The number of thiazole rings is 2. The summed E-state index contributed by atoms with van der Waals surface area (Å²) in [6.07, 6.45) is 0. The maximum absolute atomic E-state index is 12.4. The van der Waals surface area contributed by atoms with Crippen LogP contribution in [-0.2, 0) is 0 Å². The van der Waals surface area contributed by atoms with E-state index in [-0.39, 0.29) is 5.91 Å². The zero-order chi connectivity index (χ0) is 18.0. The van der Waals surface area contributed by atoms with Crippen molar-refractivity contribution in [3.63, 3.8) is 0 Å². The summed E-state index contributed by atoms with van der Waals surface area (Å²) in [5.41, 5.74) is 2.63. The van der Waals surface area contributed by atoms with Gasteiger partial charge in [0.15, 0.2) is 5.13 Å². The smallest absolute Gasteiger partial charge is 0.269 e. The van der Waals surface area contributed by atoms with Gasteiger partial charge in [-0.3, -0.25) is 10.1 Å². The van der Waals surface area contributed by atoms with Gasteiger partial charge in [-0.2, -0.15) is 0 Å². The number of aromatic nitrogens is 2. The van der Waals surface area contributed by atoms with Crippen LogP contribution in [0.5, 0.6) is 5.75 Å². The molecule has 1 N–H and O–H groups in total. The highest BCUT2D eigenvalue weighted by molar-refractivity contribution is 7.16. The van der Waals surface area contributed by atoms with Crippen LogP contribution in [0.25, 0.3) is 11.3 Å². The largest absolute Gasteiger partial charge is 0.494 e. The van der Waals surface area contributed by atoms with Crippen molar-refractivity contribution in [2.75, 3.05) is 11.9 Å². The maximum Gasteiger partial charge on any atom is 0.269 e. The summed E-state index contributed by atoms with van der Waals surface area (Å²) >= 11 is 2.86. The van der Waals surface area contributed by atoms with E-state index in [1.165, 1.54) is 22.7 Å². The van der Waals surface area contributed by atoms with Gasteiger partial charge >= 0.3 is 0 Å². The number of nitrogens with zero attached hydrogens (tertiary/aromatic N) is 2. The van der Waals surface area contributed by atoms with E-state index < -0.39 is 0 Å². The minimum Gasteiger partial charge on any atom is -0.494 e. The first-order valence-electron chi connectivity index (χ1n) is 7.94. The molecule has 0 aliphatic rings. The maximum atomic E-state index is 12.4. The van der Waals surface area contributed by atoms with Crippen molar-refractivity contribution in [2.24, 2.45) is 0 Å². The number of amides is 1. The predicted octanol–water partition coefficient (Wildman–Crippen LogP) is 4.84. The summed E-state index contributed by atoms with van der Waals surface area (Å²) in [5.74, 6) is 0.679. The summed E-state index contributed by atoms with van der Waals surface area (Å²) in [4.78, 5) is 23.0. The molecular formula is C18H19N3O2S2. The minimum atomic E-state index is -0.157. The molecule has 2 heterocycles. The molecule has 1 amide bonds. The van der Waals surface area contributed by atoms with Crippen molar-refractivity contribution in [3.8, 4) is 17.0 Å². The predicted molar refractivity (Wildman–Crippen MR) is 103 cm³/mol. The van der Waals surface area contributed by atoms with Gasteiger partial charge in [0.1, 0.15) is 10.6 Å². The molecule has 130 valence electrons. The standard InChI is InChI=1S/C18H19N3O2S2/c1-5-23-14-8-6-13(7-9-14)15-11(3)24-18(20-15)21-17(22)16-10(2)19-12(4)25-16/h6-9H,5H2,1-4H3,(H,20,21,22). The van der Waals surface area contributed by atoms with Crippen LogP contribution < -0.4 is 10.1 Å². The SMILES string of the molecule is CCOc1ccc(-c2nc(NC(=O)c3sc(C)nc3C)sc2C)cc1. The van der Waals surface area contributed by atoms with E-state index in [2.05, 4.69) is 15.3 Å². The topological polar surface area (TPSA) is 64.1 Å². The lowest BCUT2D eigenvalue weighted by molar-refractivity contribution is 0.103. The molecular weight excluding hydrogens is 354 g/mol. The number of hydrogen-bond donors (Lipinski definition) is 1. The third kappa shape index (κ3) is 3.88. The molecule has 0 saturated heterocycles. The average molecular weight is 374 g/mol. The summed E-state index contributed by atoms with van der Waals surface area (Å²) in [5, 5.41) is 4.37.